The number of cyclic esters (lactones) is 1. The van der Waals surface area contributed by atoms with E-state index >= 15 is 0 Å². The van der Waals surface area contributed by atoms with E-state index < -0.39 is 36.0 Å². The Bertz CT molecular complexity index is 1140. The second kappa shape index (κ2) is 20.1. The van der Waals surface area contributed by atoms with Gasteiger partial charge < -0.3 is 34.2 Å². The van der Waals surface area contributed by atoms with E-state index in [9.17, 15) is 24.6 Å². The zero-order valence-corrected chi connectivity index (χ0v) is 30.9. The van der Waals surface area contributed by atoms with Crippen molar-refractivity contribution in [1.82, 2.24) is 14.7 Å². The normalized spacial score (nSPS) is 30.0. The number of carbonyl (C=O) groups is 3. The molecule has 0 bridgehead atoms. The molecule has 3 rings (SSSR count). The number of allylic oxidation sites excluding steroid dienone is 2. The molecule has 0 aromatic carbocycles. The molecule has 0 aromatic rings. The molecule has 2 heterocycles. The minimum Gasteiger partial charge on any atom is -0.457 e. The Labute approximate surface area is 294 Å². The van der Waals surface area contributed by atoms with Crippen molar-refractivity contribution in [3.05, 3.63) is 36.0 Å². The Balaban J connectivity index is 1.68. The summed E-state index contributed by atoms with van der Waals surface area (Å²) in [6.07, 6.45) is 14.2. The van der Waals surface area contributed by atoms with Gasteiger partial charge in [-0.2, -0.15) is 0 Å². The van der Waals surface area contributed by atoms with Crippen LogP contribution in [0, 0.1) is 11.8 Å². The molecule has 2 amide bonds. The predicted octanol–water partition coefficient (Wildman–Crippen LogP) is 5.85. The van der Waals surface area contributed by atoms with Crippen LogP contribution in [-0.2, 0) is 19.0 Å². The largest absolute Gasteiger partial charge is 0.457 e. The molecule has 0 unspecified atom stereocenters. The van der Waals surface area contributed by atoms with Gasteiger partial charge in [0.05, 0.1) is 19.1 Å². The lowest BCUT2D eigenvalue weighted by atomic mass is 9.89. The molecular formula is C38H63N3O8. The first kappa shape index (κ1) is 40.5. The van der Waals surface area contributed by atoms with Gasteiger partial charge in [-0.05, 0) is 57.6 Å². The summed E-state index contributed by atoms with van der Waals surface area (Å²) in [5, 5.41) is 22.2. The third-order valence-corrected chi connectivity index (χ3v) is 10.1. The van der Waals surface area contributed by atoms with Gasteiger partial charge in [0, 0.05) is 57.6 Å². The molecule has 0 aromatic heterocycles. The molecule has 2 N–H and O–H groups in total. The van der Waals surface area contributed by atoms with Crippen LogP contribution in [0.2, 0.25) is 0 Å². The Morgan fingerprint density at radius 3 is 2.45 bits per heavy atom. The van der Waals surface area contributed by atoms with Crippen molar-refractivity contribution < 1.29 is 38.8 Å². The Kier molecular flexibility index (Phi) is 16.6. The van der Waals surface area contributed by atoms with Crippen LogP contribution in [0.3, 0.4) is 0 Å². The average Bonchev–Trinajstić information content (AvgIpc) is 3.36. The van der Waals surface area contributed by atoms with E-state index in [1.54, 1.807) is 29.8 Å². The first-order valence-corrected chi connectivity index (χ1v) is 18.5. The maximum Gasteiger partial charge on any atom is 0.410 e. The minimum absolute atomic E-state index is 0.0354. The molecular weight excluding hydrogens is 626 g/mol. The molecule has 0 spiro atoms. The van der Waals surface area contributed by atoms with Crippen molar-refractivity contribution in [3.63, 3.8) is 0 Å². The third kappa shape index (κ3) is 13.4. The number of hydrogen-bond donors (Lipinski definition) is 2. The molecule has 3 aliphatic rings. The molecule has 11 nitrogen and oxygen atoms in total. The van der Waals surface area contributed by atoms with Crippen LogP contribution < -0.4 is 0 Å². The van der Waals surface area contributed by atoms with Gasteiger partial charge in [0.15, 0.2) is 6.10 Å². The van der Waals surface area contributed by atoms with E-state index in [-0.39, 0.29) is 43.8 Å². The molecule has 2 aliphatic heterocycles. The number of aliphatic hydroxyl groups excluding tert-OH is 1. The summed E-state index contributed by atoms with van der Waals surface area (Å²) >= 11 is 0. The van der Waals surface area contributed by atoms with E-state index in [1.165, 1.54) is 38.5 Å². The van der Waals surface area contributed by atoms with Gasteiger partial charge in [-0.25, -0.2) is 9.59 Å². The number of rotatable bonds is 9. The van der Waals surface area contributed by atoms with Crippen LogP contribution in [0.1, 0.15) is 98.8 Å². The Morgan fingerprint density at radius 2 is 1.80 bits per heavy atom. The highest BCUT2D eigenvalue weighted by Crippen LogP contribution is 2.28. The van der Waals surface area contributed by atoms with Gasteiger partial charge in [0.2, 0.25) is 0 Å². The fraction of sp³-hybridized carbons (Fsp3) is 0.763. The summed E-state index contributed by atoms with van der Waals surface area (Å²) in [5.41, 5.74) is -0.696. The number of carbonyl (C=O) groups excluding carboxylic acids is 3. The van der Waals surface area contributed by atoms with Gasteiger partial charge in [0.1, 0.15) is 11.7 Å². The summed E-state index contributed by atoms with van der Waals surface area (Å²) in [6, 6.07) is 0.587. The summed E-state index contributed by atoms with van der Waals surface area (Å²) in [7, 11) is 1.71. The van der Waals surface area contributed by atoms with E-state index in [4.69, 9.17) is 14.2 Å². The molecule has 6 atom stereocenters. The maximum absolute atomic E-state index is 13.4. The smallest absolute Gasteiger partial charge is 0.410 e. The summed E-state index contributed by atoms with van der Waals surface area (Å²) < 4.78 is 17.3. The average molecular weight is 690 g/mol. The zero-order valence-electron chi connectivity index (χ0n) is 30.9. The summed E-state index contributed by atoms with van der Waals surface area (Å²) in [4.78, 5) is 44.2. The highest BCUT2D eigenvalue weighted by molar-refractivity contribution is 5.70. The zero-order chi connectivity index (χ0) is 36.0. The SMILES string of the molecule is CCCN(C)C(=O)OC[C@@H](C)/C=C/C=C(\C)[C@H]1OC(=O)C[C@@H](O)CC[C@](C)(O)[C@@H](OC(=O)N2CCN(C3CCCCCC3)CC2)/C=C\[C@@H]1C. The van der Waals surface area contributed by atoms with Gasteiger partial charge in [0.25, 0.3) is 0 Å². The van der Waals surface area contributed by atoms with Crippen molar-refractivity contribution in [2.45, 2.75) is 129 Å². The van der Waals surface area contributed by atoms with Gasteiger partial charge >= 0.3 is 18.2 Å². The topological polar surface area (TPSA) is 129 Å². The van der Waals surface area contributed by atoms with Crippen LogP contribution in [0.4, 0.5) is 9.59 Å². The lowest BCUT2D eigenvalue weighted by Crippen LogP contribution is -2.53. The highest BCUT2D eigenvalue weighted by atomic mass is 16.6. The number of amides is 2. The molecule has 11 heteroatoms. The summed E-state index contributed by atoms with van der Waals surface area (Å²) in [6.45, 7) is 13.0. The Hall–Kier alpha value is -2.89. The fourth-order valence-electron chi connectivity index (χ4n) is 6.81. The quantitative estimate of drug-likeness (QED) is 0.101. The molecule has 49 heavy (non-hydrogen) atoms. The molecule has 1 saturated heterocycles. The van der Waals surface area contributed by atoms with Gasteiger partial charge in [-0.3, -0.25) is 9.69 Å². The summed E-state index contributed by atoms with van der Waals surface area (Å²) in [5.74, 6) is -0.901. The molecule has 1 aliphatic carbocycles. The maximum atomic E-state index is 13.4. The van der Waals surface area contributed by atoms with Crippen molar-refractivity contribution in [2.75, 3.05) is 46.4 Å². The number of esters is 1. The number of hydrogen-bond acceptors (Lipinski definition) is 9. The monoisotopic (exact) mass is 689 g/mol. The van der Waals surface area contributed by atoms with Gasteiger partial charge in [-0.15, -0.1) is 0 Å². The van der Waals surface area contributed by atoms with E-state index in [0.717, 1.165) is 25.1 Å². The van der Waals surface area contributed by atoms with Crippen molar-refractivity contribution >= 4 is 18.2 Å². The first-order chi connectivity index (χ1) is 23.3. The lowest BCUT2D eigenvalue weighted by Gasteiger charge is -2.40. The van der Waals surface area contributed by atoms with Crippen molar-refractivity contribution in [3.8, 4) is 0 Å². The van der Waals surface area contributed by atoms with E-state index in [1.807, 2.05) is 52.0 Å². The van der Waals surface area contributed by atoms with Crippen molar-refractivity contribution in [2.24, 2.45) is 11.8 Å². The molecule has 0 radical (unpaired) electrons. The standard InChI is InChI=1S/C38H63N3O8/c1-7-21-39(6)36(44)47-27-28(2)13-12-14-29(3)35-30(4)17-18-33(38(5,46)20-19-32(42)26-34(43)49-35)48-37(45)41-24-22-40(23-25-41)31-15-10-8-9-11-16-31/h12-14,17-18,28,30-33,35,42,46H,7-11,15-16,19-27H2,1-6H3/b13-12+,18-17-,29-14+/t28-,30-,32-,33-,35+,38-/m0/s1. The number of nitrogens with zero attached hydrogens (tertiary/aromatic N) is 3. The highest BCUT2D eigenvalue weighted by Gasteiger charge is 2.37. The molecule has 1 saturated carbocycles. The minimum atomic E-state index is -1.47. The van der Waals surface area contributed by atoms with Crippen LogP contribution >= 0.6 is 0 Å². The van der Waals surface area contributed by atoms with Crippen molar-refractivity contribution in [1.29, 1.82) is 0 Å². The van der Waals surface area contributed by atoms with Crippen LogP contribution in [0.15, 0.2) is 36.0 Å². The fourth-order valence-corrected chi connectivity index (χ4v) is 6.81. The lowest BCUT2D eigenvalue weighted by molar-refractivity contribution is -0.151. The molecule has 278 valence electrons. The second-order valence-electron chi connectivity index (χ2n) is 14.7. The first-order valence-electron chi connectivity index (χ1n) is 18.5. The number of aliphatic hydroxyl groups is 2. The second-order valence-corrected chi connectivity index (χ2v) is 14.7. The van der Waals surface area contributed by atoms with Crippen LogP contribution in [0.25, 0.3) is 0 Å². The predicted molar refractivity (Wildman–Crippen MR) is 190 cm³/mol. The molecule has 2 fully saturated rings. The van der Waals surface area contributed by atoms with Crippen LogP contribution in [-0.4, -0.2) is 119 Å². The van der Waals surface area contributed by atoms with E-state index in [2.05, 4.69) is 4.90 Å². The third-order valence-electron chi connectivity index (χ3n) is 10.1. The van der Waals surface area contributed by atoms with Crippen LogP contribution in [0.5, 0.6) is 0 Å². The number of ether oxygens (including phenoxy) is 3. The Morgan fingerprint density at radius 1 is 1.12 bits per heavy atom. The van der Waals surface area contributed by atoms with E-state index in [0.29, 0.717) is 25.7 Å². The number of piperazine rings is 1. The van der Waals surface area contributed by atoms with Gasteiger partial charge in [-0.1, -0.05) is 70.8 Å².